The second-order valence-corrected chi connectivity index (χ2v) is 6.04. The fourth-order valence-corrected chi connectivity index (χ4v) is 3.49. The minimum atomic E-state index is -1.40. The van der Waals surface area contributed by atoms with E-state index in [1.165, 1.54) is 17.4 Å². The van der Waals surface area contributed by atoms with Crippen LogP contribution >= 0.6 is 11.3 Å². The molecule has 18 heavy (non-hydrogen) atoms. The second-order valence-electron chi connectivity index (χ2n) is 3.75. The minimum absolute atomic E-state index is 0.230. The van der Waals surface area contributed by atoms with Gasteiger partial charge in [-0.1, -0.05) is 12.1 Å². The summed E-state index contributed by atoms with van der Waals surface area (Å²) >= 11 is 1.51. The zero-order valence-corrected chi connectivity index (χ0v) is 10.9. The van der Waals surface area contributed by atoms with E-state index in [2.05, 4.69) is 4.98 Å². The molecule has 1 unspecified atom stereocenters. The van der Waals surface area contributed by atoms with Crippen LogP contribution in [0, 0.1) is 5.82 Å². The summed E-state index contributed by atoms with van der Waals surface area (Å²) in [7, 11) is -1.40. The molecule has 0 radical (unpaired) electrons. The van der Waals surface area contributed by atoms with Crippen molar-refractivity contribution in [3.8, 4) is 0 Å². The smallest absolute Gasteiger partial charge is 0.193 e. The lowest BCUT2D eigenvalue weighted by Gasteiger charge is -2.01. The highest BCUT2D eigenvalue weighted by Crippen LogP contribution is 2.17. The summed E-state index contributed by atoms with van der Waals surface area (Å²) in [5.41, 5.74) is 0.712. The van der Waals surface area contributed by atoms with Gasteiger partial charge < -0.3 is 0 Å². The second kappa shape index (κ2) is 4.62. The van der Waals surface area contributed by atoms with Gasteiger partial charge in [0.25, 0.3) is 0 Å². The van der Waals surface area contributed by atoms with Crippen LogP contribution in [0.1, 0.15) is 5.69 Å². The van der Waals surface area contributed by atoms with Gasteiger partial charge in [0.05, 0.1) is 27.1 Å². The maximum absolute atomic E-state index is 13.5. The molecule has 0 aliphatic rings. The van der Waals surface area contributed by atoms with Crippen molar-refractivity contribution in [1.29, 1.82) is 0 Å². The van der Waals surface area contributed by atoms with Crippen LogP contribution in [0.3, 0.4) is 0 Å². The third-order valence-electron chi connectivity index (χ3n) is 2.50. The van der Waals surface area contributed by atoms with Crippen molar-refractivity contribution in [2.75, 3.05) is 0 Å². The van der Waals surface area contributed by atoms with Crippen molar-refractivity contribution in [2.24, 2.45) is 0 Å². The van der Waals surface area contributed by atoms with Gasteiger partial charge in [0, 0.05) is 17.8 Å². The van der Waals surface area contributed by atoms with Gasteiger partial charge in [0.2, 0.25) is 0 Å². The fourth-order valence-electron chi connectivity index (χ4n) is 1.69. The number of nitrogens with zero attached hydrogens (tertiary/aromatic N) is 2. The molecule has 0 N–H and O–H groups in total. The molecule has 0 bridgehead atoms. The van der Waals surface area contributed by atoms with Crippen LogP contribution in [-0.2, 0) is 16.6 Å². The standard InChI is InChI=1S/C12H9FN2OS2/c13-10-3-1-2-4-11(10)18(16)8-9-7-15-5-6-17-12(15)14-9/h1-7H,8H2. The molecule has 3 rings (SSSR count). The van der Waals surface area contributed by atoms with Crippen LogP contribution in [0.15, 0.2) is 46.9 Å². The molecular weight excluding hydrogens is 271 g/mol. The van der Waals surface area contributed by atoms with E-state index in [1.54, 1.807) is 18.2 Å². The Morgan fingerprint density at radius 2 is 2.22 bits per heavy atom. The Labute approximate surface area is 109 Å². The number of hydrogen-bond donors (Lipinski definition) is 0. The Bertz CT molecular complexity index is 691. The monoisotopic (exact) mass is 280 g/mol. The molecule has 0 saturated heterocycles. The van der Waals surface area contributed by atoms with Gasteiger partial charge in [-0.25, -0.2) is 9.37 Å². The highest BCUT2D eigenvalue weighted by molar-refractivity contribution is 7.84. The molecule has 0 saturated carbocycles. The summed E-state index contributed by atoms with van der Waals surface area (Å²) in [5.74, 6) is -0.202. The van der Waals surface area contributed by atoms with Crippen LogP contribution in [0.25, 0.3) is 4.96 Å². The number of halogens is 1. The van der Waals surface area contributed by atoms with Gasteiger partial charge in [-0.2, -0.15) is 0 Å². The molecule has 0 spiro atoms. The maximum Gasteiger partial charge on any atom is 0.193 e. The summed E-state index contributed by atoms with van der Waals surface area (Å²) in [6.45, 7) is 0. The zero-order chi connectivity index (χ0) is 12.5. The molecule has 3 aromatic rings. The van der Waals surface area contributed by atoms with E-state index in [-0.39, 0.29) is 10.6 Å². The summed E-state index contributed by atoms with van der Waals surface area (Å²) < 4.78 is 27.4. The molecule has 0 aliphatic carbocycles. The van der Waals surface area contributed by atoms with Crippen LogP contribution < -0.4 is 0 Å². The van der Waals surface area contributed by atoms with Crippen molar-refractivity contribution in [2.45, 2.75) is 10.6 Å². The Balaban J connectivity index is 1.87. The summed E-state index contributed by atoms with van der Waals surface area (Å²) in [4.78, 5) is 5.42. The molecule has 6 heteroatoms. The van der Waals surface area contributed by atoms with Crippen LogP contribution in [0.5, 0.6) is 0 Å². The van der Waals surface area contributed by atoms with Crippen molar-refractivity contribution in [3.63, 3.8) is 0 Å². The number of fused-ring (bicyclic) bond motifs is 1. The van der Waals surface area contributed by atoms with Crippen LogP contribution in [0.2, 0.25) is 0 Å². The molecule has 1 aromatic carbocycles. The Hall–Kier alpha value is -1.53. The molecule has 0 aliphatic heterocycles. The Kier molecular flexibility index (Phi) is 2.97. The SMILES string of the molecule is O=S(Cc1cn2ccsc2n1)c1ccccc1F. The first kappa shape index (κ1) is 11.6. The van der Waals surface area contributed by atoms with Gasteiger partial charge >= 0.3 is 0 Å². The van der Waals surface area contributed by atoms with Gasteiger partial charge in [-0.05, 0) is 12.1 Å². The summed E-state index contributed by atoms with van der Waals surface area (Å²) in [6.07, 6.45) is 3.72. The fraction of sp³-hybridized carbons (Fsp3) is 0.0833. The van der Waals surface area contributed by atoms with Crippen LogP contribution in [0.4, 0.5) is 4.39 Å². The topological polar surface area (TPSA) is 34.4 Å². The van der Waals surface area contributed by atoms with Gasteiger partial charge in [0.1, 0.15) is 5.82 Å². The lowest BCUT2D eigenvalue weighted by Crippen LogP contribution is -1.99. The van der Waals surface area contributed by atoms with E-state index < -0.39 is 16.6 Å². The number of benzene rings is 1. The lowest BCUT2D eigenvalue weighted by atomic mass is 10.3. The third kappa shape index (κ3) is 2.09. The zero-order valence-electron chi connectivity index (χ0n) is 9.25. The molecular formula is C12H9FN2OS2. The highest BCUT2D eigenvalue weighted by Gasteiger charge is 2.12. The summed E-state index contributed by atoms with van der Waals surface area (Å²) in [6, 6.07) is 6.13. The number of imidazole rings is 1. The third-order valence-corrected chi connectivity index (χ3v) is 4.65. The highest BCUT2D eigenvalue weighted by atomic mass is 32.2. The summed E-state index contributed by atoms with van der Waals surface area (Å²) in [5, 5.41) is 1.93. The maximum atomic E-state index is 13.5. The van der Waals surface area contributed by atoms with Crippen molar-refractivity contribution in [3.05, 3.63) is 53.6 Å². The normalized spacial score (nSPS) is 12.9. The first-order valence-electron chi connectivity index (χ1n) is 5.28. The predicted molar refractivity (Wildman–Crippen MR) is 69.6 cm³/mol. The average Bonchev–Trinajstić information content (AvgIpc) is 2.90. The van der Waals surface area contributed by atoms with Gasteiger partial charge in [0.15, 0.2) is 4.96 Å². The van der Waals surface area contributed by atoms with Crippen molar-refractivity contribution >= 4 is 27.1 Å². The van der Waals surface area contributed by atoms with Crippen LogP contribution in [-0.4, -0.2) is 13.6 Å². The minimum Gasteiger partial charge on any atom is -0.297 e. The van der Waals surface area contributed by atoms with E-state index >= 15 is 0 Å². The van der Waals surface area contributed by atoms with Crippen molar-refractivity contribution < 1.29 is 8.60 Å². The van der Waals surface area contributed by atoms with E-state index in [4.69, 9.17) is 0 Å². The first-order chi connectivity index (χ1) is 8.74. The number of thiazole rings is 1. The molecule has 2 heterocycles. The number of hydrogen-bond acceptors (Lipinski definition) is 3. The van der Waals surface area contributed by atoms with Crippen molar-refractivity contribution in [1.82, 2.24) is 9.38 Å². The average molecular weight is 280 g/mol. The van der Waals surface area contributed by atoms with Gasteiger partial charge in [-0.3, -0.25) is 8.61 Å². The molecule has 92 valence electrons. The lowest BCUT2D eigenvalue weighted by molar-refractivity contribution is 0.595. The van der Waals surface area contributed by atoms with E-state index in [0.29, 0.717) is 5.69 Å². The van der Waals surface area contributed by atoms with E-state index in [9.17, 15) is 8.60 Å². The Morgan fingerprint density at radius 3 is 3.00 bits per heavy atom. The molecule has 0 amide bonds. The molecule has 2 aromatic heterocycles. The quantitative estimate of drug-likeness (QED) is 0.739. The van der Waals surface area contributed by atoms with E-state index in [1.807, 2.05) is 22.2 Å². The Morgan fingerprint density at radius 1 is 1.39 bits per heavy atom. The molecule has 3 nitrogen and oxygen atoms in total. The largest absolute Gasteiger partial charge is 0.297 e. The van der Waals surface area contributed by atoms with E-state index in [0.717, 1.165) is 4.96 Å². The molecule has 1 atom stereocenters. The van der Waals surface area contributed by atoms with Gasteiger partial charge in [-0.15, -0.1) is 11.3 Å². The first-order valence-corrected chi connectivity index (χ1v) is 7.48. The predicted octanol–water partition coefficient (Wildman–Crippen LogP) is 2.84. The number of aromatic nitrogens is 2. The molecule has 0 fully saturated rings. The number of rotatable bonds is 3.